The minimum Gasteiger partial charge on any atom is -0.369 e. The highest BCUT2D eigenvalue weighted by Gasteiger charge is 2.29. The van der Waals surface area contributed by atoms with Crippen LogP contribution in [0.5, 0.6) is 0 Å². The fourth-order valence-corrected chi connectivity index (χ4v) is 4.13. The van der Waals surface area contributed by atoms with Crippen LogP contribution in [-0.4, -0.2) is 55.2 Å². The second-order valence-corrected chi connectivity index (χ2v) is 7.08. The second kappa shape index (κ2) is 8.70. The van der Waals surface area contributed by atoms with Crippen LogP contribution >= 0.6 is 0 Å². The maximum Gasteiger partial charge on any atom is 0.0623 e. The Kier molecular flexibility index (Phi) is 6.35. The summed E-state index contributed by atoms with van der Waals surface area (Å²) in [5.41, 5.74) is 1.38. The molecule has 2 aliphatic rings. The van der Waals surface area contributed by atoms with Crippen molar-refractivity contribution in [2.24, 2.45) is 0 Å². The van der Waals surface area contributed by atoms with E-state index in [-0.39, 0.29) is 0 Å². The van der Waals surface area contributed by atoms with Gasteiger partial charge in [0.25, 0.3) is 0 Å². The molecule has 0 aliphatic carbocycles. The van der Waals surface area contributed by atoms with Gasteiger partial charge in [-0.25, -0.2) is 0 Å². The van der Waals surface area contributed by atoms with Gasteiger partial charge in [-0.15, -0.1) is 0 Å². The fraction of sp³-hybridized carbons (Fsp3) is 0.700. The van der Waals surface area contributed by atoms with E-state index in [4.69, 9.17) is 0 Å². The lowest BCUT2D eigenvalue weighted by Crippen LogP contribution is -2.57. The molecular formula is C20H33N3. The van der Waals surface area contributed by atoms with Crippen LogP contribution in [0.3, 0.4) is 0 Å². The van der Waals surface area contributed by atoms with Crippen LogP contribution in [0, 0.1) is 0 Å². The standard InChI is InChI=1S/C20H33N3/c1-2-3-8-13-22-14-9-7-12-20(22)23-17-15-21(16-18-23)19-10-5-4-6-11-19/h4-6,10-11,20H,2-3,7-9,12-18H2,1H3. The molecule has 1 aromatic rings. The molecule has 2 aliphatic heterocycles. The van der Waals surface area contributed by atoms with E-state index >= 15 is 0 Å². The molecule has 0 amide bonds. The average Bonchev–Trinajstić information content (AvgIpc) is 2.63. The molecule has 23 heavy (non-hydrogen) atoms. The molecule has 2 saturated heterocycles. The SMILES string of the molecule is CCCCCN1CCCCC1N1CCN(c2ccccc2)CC1. The van der Waals surface area contributed by atoms with Gasteiger partial charge in [-0.3, -0.25) is 9.80 Å². The van der Waals surface area contributed by atoms with Crippen LogP contribution in [0.25, 0.3) is 0 Å². The molecule has 0 saturated carbocycles. The van der Waals surface area contributed by atoms with Crippen molar-refractivity contribution in [3.63, 3.8) is 0 Å². The second-order valence-electron chi connectivity index (χ2n) is 7.08. The first-order chi connectivity index (χ1) is 11.4. The van der Waals surface area contributed by atoms with Crippen LogP contribution < -0.4 is 4.90 Å². The Hall–Kier alpha value is -1.06. The molecule has 0 N–H and O–H groups in total. The van der Waals surface area contributed by atoms with Gasteiger partial charge in [0.05, 0.1) is 6.17 Å². The zero-order chi connectivity index (χ0) is 15.9. The molecule has 128 valence electrons. The quantitative estimate of drug-likeness (QED) is 0.739. The predicted molar refractivity (Wildman–Crippen MR) is 99.0 cm³/mol. The number of hydrogen-bond acceptors (Lipinski definition) is 3. The number of likely N-dealkylation sites (tertiary alicyclic amines) is 1. The van der Waals surface area contributed by atoms with Gasteiger partial charge in [0.15, 0.2) is 0 Å². The van der Waals surface area contributed by atoms with Gasteiger partial charge in [-0.2, -0.15) is 0 Å². The summed E-state index contributed by atoms with van der Waals surface area (Å²) < 4.78 is 0. The lowest BCUT2D eigenvalue weighted by atomic mass is 10.0. The lowest BCUT2D eigenvalue weighted by Gasteiger charge is -2.46. The number of hydrogen-bond donors (Lipinski definition) is 0. The van der Waals surface area contributed by atoms with Gasteiger partial charge < -0.3 is 4.90 Å². The summed E-state index contributed by atoms with van der Waals surface area (Å²) in [4.78, 5) is 8.07. The summed E-state index contributed by atoms with van der Waals surface area (Å²) in [6, 6.07) is 10.9. The van der Waals surface area contributed by atoms with Crippen LogP contribution in [-0.2, 0) is 0 Å². The number of rotatable bonds is 6. The molecular weight excluding hydrogens is 282 g/mol. The van der Waals surface area contributed by atoms with E-state index in [1.807, 2.05) is 0 Å². The molecule has 1 aromatic carbocycles. The van der Waals surface area contributed by atoms with E-state index in [0.717, 1.165) is 0 Å². The summed E-state index contributed by atoms with van der Waals surface area (Å²) in [5.74, 6) is 0. The zero-order valence-electron chi connectivity index (χ0n) is 14.8. The van der Waals surface area contributed by atoms with E-state index in [9.17, 15) is 0 Å². The first-order valence-electron chi connectivity index (χ1n) is 9.66. The van der Waals surface area contributed by atoms with E-state index in [1.165, 1.54) is 83.5 Å². The van der Waals surface area contributed by atoms with E-state index < -0.39 is 0 Å². The number of piperazine rings is 1. The smallest absolute Gasteiger partial charge is 0.0623 e. The van der Waals surface area contributed by atoms with Crippen molar-refractivity contribution in [3.8, 4) is 0 Å². The molecule has 2 fully saturated rings. The number of piperidine rings is 1. The van der Waals surface area contributed by atoms with Gasteiger partial charge in [0.1, 0.15) is 0 Å². The first-order valence-corrected chi connectivity index (χ1v) is 9.66. The van der Waals surface area contributed by atoms with Crippen LogP contribution in [0.15, 0.2) is 30.3 Å². The van der Waals surface area contributed by atoms with Crippen molar-refractivity contribution in [3.05, 3.63) is 30.3 Å². The van der Waals surface area contributed by atoms with Gasteiger partial charge in [0.2, 0.25) is 0 Å². The van der Waals surface area contributed by atoms with Crippen LogP contribution in [0.1, 0.15) is 45.4 Å². The predicted octanol–water partition coefficient (Wildman–Crippen LogP) is 3.81. The zero-order valence-corrected chi connectivity index (χ0v) is 14.8. The minimum atomic E-state index is 0.707. The average molecular weight is 316 g/mol. The summed E-state index contributed by atoms with van der Waals surface area (Å²) in [6.07, 6.45) is 8.97. The van der Waals surface area contributed by atoms with E-state index in [1.54, 1.807) is 0 Å². The molecule has 0 bridgehead atoms. The van der Waals surface area contributed by atoms with Crippen molar-refractivity contribution in [2.45, 2.75) is 51.6 Å². The molecule has 3 rings (SSSR count). The van der Waals surface area contributed by atoms with Gasteiger partial charge in [0, 0.05) is 31.9 Å². The number of anilines is 1. The fourth-order valence-electron chi connectivity index (χ4n) is 4.13. The van der Waals surface area contributed by atoms with Crippen molar-refractivity contribution in [2.75, 3.05) is 44.2 Å². The topological polar surface area (TPSA) is 9.72 Å². The lowest BCUT2D eigenvalue weighted by molar-refractivity contribution is 0.00936. The maximum atomic E-state index is 2.78. The molecule has 1 unspecified atom stereocenters. The van der Waals surface area contributed by atoms with Crippen LogP contribution in [0.4, 0.5) is 5.69 Å². The van der Waals surface area contributed by atoms with Gasteiger partial charge >= 0.3 is 0 Å². The molecule has 3 nitrogen and oxygen atoms in total. The first kappa shape index (κ1) is 16.8. The van der Waals surface area contributed by atoms with E-state index in [2.05, 4.69) is 52.0 Å². The molecule has 1 atom stereocenters. The van der Waals surface area contributed by atoms with Crippen molar-refractivity contribution < 1.29 is 0 Å². The van der Waals surface area contributed by atoms with Crippen molar-refractivity contribution in [1.29, 1.82) is 0 Å². The third-order valence-corrected chi connectivity index (χ3v) is 5.49. The summed E-state index contributed by atoms with van der Waals surface area (Å²) >= 11 is 0. The molecule has 3 heteroatoms. The summed E-state index contributed by atoms with van der Waals surface area (Å²) in [5, 5.41) is 0. The Labute approximate surface area is 142 Å². The Bertz CT molecular complexity index is 439. The van der Waals surface area contributed by atoms with Gasteiger partial charge in [-0.1, -0.05) is 38.0 Å². The maximum absolute atomic E-state index is 2.78. The van der Waals surface area contributed by atoms with E-state index in [0.29, 0.717) is 6.17 Å². The Morgan fingerprint density at radius 1 is 0.913 bits per heavy atom. The molecule has 0 aromatic heterocycles. The Morgan fingerprint density at radius 3 is 2.43 bits per heavy atom. The highest BCUT2D eigenvalue weighted by atomic mass is 15.4. The van der Waals surface area contributed by atoms with Crippen molar-refractivity contribution >= 4 is 5.69 Å². The van der Waals surface area contributed by atoms with Crippen molar-refractivity contribution in [1.82, 2.24) is 9.80 Å². The van der Waals surface area contributed by atoms with Gasteiger partial charge in [-0.05, 0) is 50.9 Å². The number of nitrogens with zero attached hydrogens (tertiary/aromatic N) is 3. The highest BCUT2D eigenvalue weighted by Crippen LogP contribution is 2.23. The number of para-hydroxylation sites is 1. The monoisotopic (exact) mass is 315 g/mol. The summed E-state index contributed by atoms with van der Waals surface area (Å²) in [7, 11) is 0. The highest BCUT2D eigenvalue weighted by molar-refractivity contribution is 5.46. The third-order valence-electron chi connectivity index (χ3n) is 5.49. The molecule has 0 radical (unpaired) electrons. The third kappa shape index (κ3) is 4.48. The molecule has 0 spiro atoms. The Morgan fingerprint density at radius 2 is 1.70 bits per heavy atom. The number of benzene rings is 1. The van der Waals surface area contributed by atoms with Crippen LogP contribution in [0.2, 0.25) is 0 Å². The normalized spacial score (nSPS) is 24.0. The minimum absolute atomic E-state index is 0.707. The number of unbranched alkanes of at least 4 members (excludes halogenated alkanes) is 2. The largest absolute Gasteiger partial charge is 0.369 e. The Balaban J connectivity index is 1.52. The molecule has 2 heterocycles. The summed E-state index contributed by atoms with van der Waals surface area (Å²) in [6.45, 7) is 9.68.